The van der Waals surface area contributed by atoms with Crippen molar-refractivity contribution in [2.75, 3.05) is 6.61 Å². The van der Waals surface area contributed by atoms with Gasteiger partial charge in [-0.2, -0.15) is 0 Å². The monoisotopic (exact) mass is 261 g/mol. The summed E-state index contributed by atoms with van der Waals surface area (Å²) in [4.78, 5) is 4.63. The highest BCUT2D eigenvalue weighted by Crippen LogP contribution is 2.38. The molecule has 0 radical (unpaired) electrons. The number of aryl methyl sites for hydroxylation is 1. The largest absolute Gasteiger partial charge is 0.378 e. The average molecular weight is 261 g/mol. The van der Waals surface area contributed by atoms with Crippen LogP contribution in [0.2, 0.25) is 0 Å². The van der Waals surface area contributed by atoms with Crippen LogP contribution in [0.5, 0.6) is 0 Å². The van der Waals surface area contributed by atoms with Crippen LogP contribution < -0.4 is 11.3 Å². The van der Waals surface area contributed by atoms with Crippen molar-refractivity contribution in [2.45, 2.75) is 50.7 Å². The summed E-state index contributed by atoms with van der Waals surface area (Å²) in [7, 11) is 0. The number of hydrogen-bond acceptors (Lipinski definition) is 4. The molecule has 2 aliphatic rings. The van der Waals surface area contributed by atoms with E-state index in [1.54, 1.807) is 0 Å². The van der Waals surface area contributed by atoms with Crippen LogP contribution in [-0.4, -0.2) is 23.7 Å². The Balaban J connectivity index is 1.88. The Morgan fingerprint density at radius 1 is 1.47 bits per heavy atom. The van der Waals surface area contributed by atoms with Crippen LogP contribution in [0, 0.1) is 5.92 Å². The number of nitrogens with one attached hydrogen (secondary N) is 1. The number of pyridine rings is 1. The molecule has 104 valence electrons. The van der Waals surface area contributed by atoms with Gasteiger partial charge in [-0.25, -0.2) is 0 Å². The quantitative estimate of drug-likeness (QED) is 0.643. The van der Waals surface area contributed by atoms with Crippen molar-refractivity contribution in [1.82, 2.24) is 10.4 Å². The van der Waals surface area contributed by atoms with Gasteiger partial charge in [-0.1, -0.05) is 6.07 Å². The van der Waals surface area contributed by atoms with Crippen molar-refractivity contribution in [3.63, 3.8) is 0 Å². The normalized spacial score (nSPS) is 32.0. The molecule has 2 heterocycles. The molecule has 4 nitrogen and oxygen atoms in total. The lowest BCUT2D eigenvalue weighted by molar-refractivity contribution is 0.0903. The summed E-state index contributed by atoms with van der Waals surface area (Å²) < 4.78 is 5.71. The maximum atomic E-state index is 5.87. The second-order valence-electron chi connectivity index (χ2n) is 5.77. The predicted molar refractivity (Wildman–Crippen MR) is 74.5 cm³/mol. The Bertz CT molecular complexity index is 437. The minimum Gasteiger partial charge on any atom is -0.378 e. The summed E-state index contributed by atoms with van der Waals surface area (Å²) >= 11 is 0. The molecule has 0 saturated carbocycles. The predicted octanol–water partition coefficient (Wildman–Crippen LogP) is 1.76. The second-order valence-corrected chi connectivity index (χ2v) is 5.77. The van der Waals surface area contributed by atoms with Gasteiger partial charge in [-0.05, 0) is 44.2 Å². The number of fused-ring (bicyclic) bond motifs is 1. The molecule has 4 unspecified atom stereocenters. The Kier molecular flexibility index (Phi) is 3.82. The van der Waals surface area contributed by atoms with E-state index in [1.165, 1.54) is 24.1 Å². The number of nitrogens with zero attached hydrogens (tertiary/aromatic N) is 1. The smallest absolute Gasteiger partial charge is 0.0591 e. The van der Waals surface area contributed by atoms with Crippen LogP contribution in [0.4, 0.5) is 0 Å². The van der Waals surface area contributed by atoms with Gasteiger partial charge in [0, 0.05) is 36.4 Å². The van der Waals surface area contributed by atoms with Gasteiger partial charge in [-0.3, -0.25) is 16.3 Å². The maximum absolute atomic E-state index is 5.87. The molecule has 1 saturated heterocycles. The molecule has 19 heavy (non-hydrogen) atoms. The first kappa shape index (κ1) is 13.0. The van der Waals surface area contributed by atoms with Gasteiger partial charge in [0.25, 0.3) is 0 Å². The number of aromatic nitrogens is 1. The van der Waals surface area contributed by atoms with Gasteiger partial charge in [0.15, 0.2) is 0 Å². The lowest BCUT2D eigenvalue weighted by Gasteiger charge is -2.35. The van der Waals surface area contributed by atoms with Crippen LogP contribution in [0.15, 0.2) is 18.3 Å². The van der Waals surface area contributed by atoms with Gasteiger partial charge >= 0.3 is 0 Å². The fourth-order valence-electron chi connectivity index (χ4n) is 3.75. The summed E-state index contributed by atoms with van der Waals surface area (Å²) in [5, 5.41) is 0. The Hall–Kier alpha value is -0.970. The van der Waals surface area contributed by atoms with E-state index < -0.39 is 0 Å². The minimum absolute atomic E-state index is 0.270. The molecule has 1 aliphatic heterocycles. The van der Waals surface area contributed by atoms with Crippen LogP contribution >= 0.6 is 0 Å². The summed E-state index contributed by atoms with van der Waals surface area (Å²) in [6.07, 6.45) is 6.82. The van der Waals surface area contributed by atoms with Crippen molar-refractivity contribution in [3.05, 3.63) is 29.6 Å². The van der Waals surface area contributed by atoms with Gasteiger partial charge in [-0.15, -0.1) is 0 Å². The lowest BCUT2D eigenvalue weighted by atomic mass is 9.76. The molecular formula is C15H23N3O. The summed E-state index contributed by atoms with van der Waals surface area (Å²) in [5.41, 5.74) is 5.71. The third-order valence-corrected chi connectivity index (χ3v) is 4.76. The zero-order chi connectivity index (χ0) is 13.2. The molecule has 0 spiro atoms. The van der Waals surface area contributed by atoms with Gasteiger partial charge in [0.2, 0.25) is 0 Å². The fourth-order valence-corrected chi connectivity index (χ4v) is 3.75. The van der Waals surface area contributed by atoms with Gasteiger partial charge in [0.1, 0.15) is 0 Å². The molecule has 0 amide bonds. The van der Waals surface area contributed by atoms with Gasteiger partial charge in [0.05, 0.1) is 6.10 Å². The molecule has 4 atom stereocenters. The average Bonchev–Trinajstić information content (AvgIpc) is 2.86. The maximum Gasteiger partial charge on any atom is 0.0591 e. The Morgan fingerprint density at radius 3 is 3.11 bits per heavy atom. The summed E-state index contributed by atoms with van der Waals surface area (Å²) in [6, 6.07) is 4.51. The van der Waals surface area contributed by atoms with Crippen LogP contribution in [0.1, 0.15) is 43.4 Å². The highest BCUT2D eigenvalue weighted by Gasteiger charge is 2.38. The highest BCUT2D eigenvalue weighted by molar-refractivity contribution is 5.27. The zero-order valence-corrected chi connectivity index (χ0v) is 11.5. The number of hydrogen-bond donors (Lipinski definition) is 2. The summed E-state index contributed by atoms with van der Waals surface area (Å²) in [6.45, 7) is 3.01. The van der Waals surface area contributed by atoms with Crippen LogP contribution in [0.25, 0.3) is 0 Å². The number of hydrazine groups is 1. The van der Waals surface area contributed by atoms with E-state index >= 15 is 0 Å². The first-order valence-corrected chi connectivity index (χ1v) is 7.32. The molecule has 3 N–H and O–H groups in total. The number of rotatable bonds is 3. The molecule has 1 fully saturated rings. The highest BCUT2D eigenvalue weighted by atomic mass is 16.5. The van der Waals surface area contributed by atoms with E-state index in [2.05, 4.69) is 23.4 Å². The molecule has 3 rings (SSSR count). The molecule has 0 aromatic carbocycles. The minimum atomic E-state index is 0.270. The van der Waals surface area contributed by atoms with Crippen molar-refractivity contribution >= 4 is 0 Å². The molecule has 1 aromatic rings. The second kappa shape index (κ2) is 5.57. The topological polar surface area (TPSA) is 60.2 Å². The van der Waals surface area contributed by atoms with Crippen molar-refractivity contribution < 1.29 is 4.74 Å². The SMILES string of the molecule is CC1OCCC1C(NN)C1CCCc2cccnc21. The van der Waals surface area contributed by atoms with E-state index in [0.29, 0.717) is 11.8 Å². The first-order chi connectivity index (χ1) is 9.31. The first-order valence-electron chi connectivity index (χ1n) is 7.32. The molecular weight excluding hydrogens is 238 g/mol. The molecule has 4 heteroatoms. The molecule has 1 aliphatic carbocycles. The van der Waals surface area contributed by atoms with E-state index in [9.17, 15) is 0 Å². The Labute approximate surface area is 114 Å². The van der Waals surface area contributed by atoms with Crippen LogP contribution in [-0.2, 0) is 11.2 Å². The van der Waals surface area contributed by atoms with Gasteiger partial charge < -0.3 is 4.74 Å². The molecule has 0 bridgehead atoms. The number of ether oxygens (including phenoxy) is 1. The molecule has 1 aromatic heterocycles. The van der Waals surface area contributed by atoms with Crippen LogP contribution in [0.3, 0.4) is 0 Å². The van der Waals surface area contributed by atoms with Crippen molar-refractivity contribution in [1.29, 1.82) is 0 Å². The zero-order valence-electron chi connectivity index (χ0n) is 11.5. The lowest BCUT2D eigenvalue weighted by Crippen LogP contribution is -2.48. The van der Waals surface area contributed by atoms with E-state index in [4.69, 9.17) is 10.6 Å². The fraction of sp³-hybridized carbons (Fsp3) is 0.667. The number of nitrogens with two attached hydrogens (primary N) is 1. The van der Waals surface area contributed by atoms with E-state index in [0.717, 1.165) is 19.4 Å². The third-order valence-electron chi connectivity index (χ3n) is 4.76. The van der Waals surface area contributed by atoms with Crippen molar-refractivity contribution in [2.24, 2.45) is 11.8 Å². The standard InChI is InChI=1S/C15H23N3O/c1-10-12(7-9-19-10)15(18-16)13-6-2-4-11-5-3-8-17-14(11)13/h3,5,8,10,12-13,15,18H,2,4,6-7,9,16H2,1H3. The summed E-state index contributed by atoms with van der Waals surface area (Å²) in [5.74, 6) is 6.78. The third kappa shape index (κ3) is 2.40. The van der Waals surface area contributed by atoms with E-state index in [1.807, 2.05) is 12.3 Å². The van der Waals surface area contributed by atoms with Crippen molar-refractivity contribution in [3.8, 4) is 0 Å². The Morgan fingerprint density at radius 2 is 2.37 bits per heavy atom. The van der Waals surface area contributed by atoms with E-state index in [-0.39, 0.29) is 12.1 Å².